The summed E-state index contributed by atoms with van der Waals surface area (Å²) in [5.41, 5.74) is 1.41. The van der Waals surface area contributed by atoms with Gasteiger partial charge < -0.3 is 20.1 Å². The Labute approximate surface area is 167 Å². The highest BCUT2D eigenvalue weighted by molar-refractivity contribution is 14.0. The maximum Gasteiger partial charge on any atom is 0.194 e. The van der Waals surface area contributed by atoms with Gasteiger partial charge >= 0.3 is 0 Å². The number of benzene rings is 1. The van der Waals surface area contributed by atoms with Crippen LogP contribution >= 0.6 is 24.0 Å². The standard InChI is InChI=1S/C19H29N3O2.HI/c1-2-20-18(22-11-8-17(23)14-22)21-15-19(9-12-24-13-10-19)16-6-4-3-5-7-16;/h3-7,17,23H,2,8-15H2,1H3,(H,20,21);1H/t17-;/m1./s1. The van der Waals surface area contributed by atoms with Crippen LogP contribution < -0.4 is 5.32 Å². The van der Waals surface area contributed by atoms with Gasteiger partial charge in [-0.2, -0.15) is 0 Å². The number of hydrogen-bond donors (Lipinski definition) is 2. The minimum atomic E-state index is -0.236. The van der Waals surface area contributed by atoms with Gasteiger partial charge in [-0.25, -0.2) is 0 Å². The van der Waals surface area contributed by atoms with Gasteiger partial charge in [-0.1, -0.05) is 30.3 Å². The maximum absolute atomic E-state index is 9.82. The normalized spacial score (nSPS) is 23.2. The van der Waals surface area contributed by atoms with Crippen LogP contribution in [0.3, 0.4) is 0 Å². The van der Waals surface area contributed by atoms with Crippen LogP contribution in [0.1, 0.15) is 31.7 Å². The van der Waals surface area contributed by atoms with Crippen LogP contribution in [-0.4, -0.2) is 61.5 Å². The number of aliphatic hydroxyl groups is 1. The van der Waals surface area contributed by atoms with E-state index >= 15 is 0 Å². The van der Waals surface area contributed by atoms with Crippen molar-refractivity contribution in [3.8, 4) is 0 Å². The van der Waals surface area contributed by atoms with Crippen molar-refractivity contribution in [3.05, 3.63) is 35.9 Å². The van der Waals surface area contributed by atoms with E-state index < -0.39 is 0 Å². The van der Waals surface area contributed by atoms with Crippen molar-refractivity contribution >= 4 is 29.9 Å². The minimum Gasteiger partial charge on any atom is -0.391 e. The van der Waals surface area contributed by atoms with E-state index in [-0.39, 0.29) is 35.5 Å². The fourth-order valence-electron chi connectivity index (χ4n) is 3.68. The summed E-state index contributed by atoms with van der Waals surface area (Å²) in [5.74, 6) is 0.927. The van der Waals surface area contributed by atoms with Gasteiger partial charge in [0.15, 0.2) is 5.96 Å². The van der Waals surface area contributed by atoms with Gasteiger partial charge in [-0.05, 0) is 31.7 Å². The highest BCUT2D eigenvalue weighted by Crippen LogP contribution is 2.35. The Morgan fingerprint density at radius 3 is 2.64 bits per heavy atom. The Morgan fingerprint density at radius 1 is 1.32 bits per heavy atom. The number of nitrogens with one attached hydrogen (secondary N) is 1. The first kappa shape index (κ1) is 20.5. The number of hydrogen-bond acceptors (Lipinski definition) is 3. The second kappa shape index (κ2) is 9.73. The van der Waals surface area contributed by atoms with Crippen LogP contribution in [0.2, 0.25) is 0 Å². The molecule has 5 nitrogen and oxygen atoms in total. The van der Waals surface area contributed by atoms with Gasteiger partial charge in [-0.3, -0.25) is 4.99 Å². The molecule has 2 aliphatic rings. The third-order valence-electron chi connectivity index (χ3n) is 5.17. The van der Waals surface area contributed by atoms with Crippen LogP contribution in [-0.2, 0) is 10.2 Å². The van der Waals surface area contributed by atoms with Gasteiger partial charge in [0.2, 0.25) is 0 Å². The zero-order valence-corrected chi connectivity index (χ0v) is 17.3. The molecule has 3 rings (SSSR count). The van der Waals surface area contributed by atoms with Crippen molar-refractivity contribution in [3.63, 3.8) is 0 Å². The van der Waals surface area contributed by atoms with Gasteiger partial charge in [0.1, 0.15) is 0 Å². The van der Waals surface area contributed by atoms with E-state index in [9.17, 15) is 5.11 Å². The Morgan fingerprint density at radius 2 is 2.04 bits per heavy atom. The number of rotatable bonds is 4. The van der Waals surface area contributed by atoms with Crippen molar-refractivity contribution in [2.75, 3.05) is 39.4 Å². The molecule has 0 aliphatic carbocycles. The number of aliphatic imine (C=N–C) groups is 1. The molecule has 2 saturated heterocycles. The number of β-amino-alcohol motifs (C(OH)–C–C–N with tert-alkyl or cyclic N) is 1. The largest absolute Gasteiger partial charge is 0.391 e. The van der Waals surface area contributed by atoms with Crippen LogP contribution in [0.25, 0.3) is 0 Å². The molecule has 0 aromatic heterocycles. The van der Waals surface area contributed by atoms with Crippen molar-refractivity contribution in [1.29, 1.82) is 0 Å². The molecule has 2 fully saturated rings. The summed E-state index contributed by atoms with van der Waals surface area (Å²) < 4.78 is 5.61. The van der Waals surface area contributed by atoms with Crippen molar-refractivity contribution < 1.29 is 9.84 Å². The van der Waals surface area contributed by atoms with Crippen LogP contribution in [0.15, 0.2) is 35.3 Å². The highest BCUT2D eigenvalue weighted by atomic mass is 127. The van der Waals surface area contributed by atoms with E-state index in [0.29, 0.717) is 6.54 Å². The molecule has 0 amide bonds. The Hall–Kier alpha value is -0.860. The summed E-state index contributed by atoms with van der Waals surface area (Å²) in [7, 11) is 0. The second-order valence-corrected chi connectivity index (χ2v) is 6.82. The average molecular weight is 459 g/mol. The smallest absolute Gasteiger partial charge is 0.194 e. The molecule has 1 atom stereocenters. The molecule has 25 heavy (non-hydrogen) atoms. The molecule has 0 spiro atoms. The highest BCUT2D eigenvalue weighted by Gasteiger charge is 2.34. The molecule has 2 heterocycles. The van der Waals surface area contributed by atoms with Gasteiger partial charge in [0.05, 0.1) is 12.6 Å². The average Bonchev–Trinajstić information content (AvgIpc) is 3.06. The molecule has 2 N–H and O–H groups in total. The Balaban J connectivity index is 0.00000225. The van der Waals surface area contributed by atoms with Gasteiger partial charge in [-0.15, -0.1) is 24.0 Å². The summed E-state index contributed by atoms with van der Waals surface area (Å²) in [6.45, 7) is 6.82. The zero-order valence-electron chi connectivity index (χ0n) is 15.0. The lowest BCUT2D eigenvalue weighted by Gasteiger charge is -2.37. The quantitative estimate of drug-likeness (QED) is 0.413. The molecule has 0 radical (unpaired) electrons. The molecule has 2 aliphatic heterocycles. The predicted molar refractivity (Wildman–Crippen MR) is 112 cm³/mol. The SMILES string of the molecule is CCNC(=NCC1(c2ccccc2)CCOCC1)N1CC[C@@H](O)C1.I. The molecule has 1 aromatic rings. The lowest BCUT2D eigenvalue weighted by Crippen LogP contribution is -2.43. The first-order valence-corrected chi connectivity index (χ1v) is 9.08. The molecule has 1 aromatic carbocycles. The number of likely N-dealkylation sites (tertiary alicyclic amines) is 1. The van der Waals surface area contributed by atoms with E-state index in [1.807, 2.05) is 0 Å². The van der Waals surface area contributed by atoms with E-state index in [4.69, 9.17) is 9.73 Å². The second-order valence-electron chi connectivity index (χ2n) is 6.82. The van der Waals surface area contributed by atoms with Crippen LogP contribution in [0.5, 0.6) is 0 Å². The number of guanidine groups is 1. The lowest BCUT2D eigenvalue weighted by molar-refractivity contribution is 0.0530. The number of ether oxygens (including phenoxy) is 1. The monoisotopic (exact) mass is 459 g/mol. The van der Waals surface area contributed by atoms with Crippen molar-refractivity contribution in [2.24, 2.45) is 4.99 Å². The van der Waals surface area contributed by atoms with E-state index in [0.717, 1.165) is 58.1 Å². The molecule has 140 valence electrons. The first-order valence-electron chi connectivity index (χ1n) is 9.08. The Bertz CT molecular complexity index is 547. The Kier molecular flexibility index (Phi) is 7.96. The molecule has 6 heteroatoms. The fourth-order valence-corrected chi connectivity index (χ4v) is 3.68. The fraction of sp³-hybridized carbons (Fsp3) is 0.632. The summed E-state index contributed by atoms with van der Waals surface area (Å²) >= 11 is 0. The van der Waals surface area contributed by atoms with Gasteiger partial charge in [0.25, 0.3) is 0 Å². The van der Waals surface area contributed by atoms with E-state index in [1.165, 1.54) is 5.56 Å². The number of nitrogens with zero attached hydrogens (tertiary/aromatic N) is 2. The minimum absolute atomic E-state index is 0. The van der Waals surface area contributed by atoms with Gasteiger partial charge in [0, 0.05) is 38.3 Å². The molecule has 0 unspecified atom stereocenters. The molecule has 0 saturated carbocycles. The third kappa shape index (κ3) is 5.08. The zero-order chi connectivity index (χ0) is 16.8. The molecular weight excluding hydrogens is 429 g/mol. The predicted octanol–water partition coefficient (Wildman–Crippen LogP) is 2.38. The molecular formula is C19H30IN3O2. The van der Waals surface area contributed by atoms with Crippen LogP contribution in [0.4, 0.5) is 0 Å². The summed E-state index contributed by atoms with van der Waals surface area (Å²) in [5, 5.41) is 13.2. The van der Waals surface area contributed by atoms with Crippen LogP contribution in [0, 0.1) is 0 Å². The van der Waals surface area contributed by atoms with Crippen molar-refractivity contribution in [2.45, 2.75) is 37.7 Å². The summed E-state index contributed by atoms with van der Waals surface area (Å²) in [4.78, 5) is 7.14. The number of aliphatic hydroxyl groups excluding tert-OH is 1. The first-order chi connectivity index (χ1) is 11.7. The number of halogens is 1. The maximum atomic E-state index is 9.82. The lowest BCUT2D eigenvalue weighted by atomic mass is 9.74. The van der Waals surface area contributed by atoms with Crippen molar-refractivity contribution in [1.82, 2.24) is 10.2 Å². The summed E-state index contributed by atoms with van der Waals surface area (Å²) in [6.07, 6.45) is 2.59. The third-order valence-corrected chi connectivity index (χ3v) is 5.17. The molecule has 0 bridgehead atoms. The topological polar surface area (TPSA) is 57.1 Å². The van der Waals surface area contributed by atoms with E-state index in [2.05, 4.69) is 47.5 Å². The van der Waals surface area contributed by atoms with E-state index in [1.54, 1.807) is 0 Å². The summed E-state index contributed by atoms with van der Waals surface area (Å²) in [6, 6.07) is 10.7.